The smallest absolute Gasteiger partial charge is 0.139 e. The van der Waals surface area contributed by atoms with Crippen LogP contribution < -0.4 is 5.32 Å². The highest BCUT2D eigenvalue weighted by atomic mass is 35.5. The van der Waals surface area contributed by atoms with Crippen LogP contribution in [0.25, 0.3) is 5.65 Å². The molecular weight excluding hydrogens is 272 g/mol. The van der Waals surface area contributed by atoms with E-state index in [1.807, 2.05) is 6.20 Å². The number of nitrogens with one attached hydrogen (secondary N) is 1. The first-order valence-corrected chi connectivity index (χ1v) is 7.04. The Kier molecular flexibility index (Phi) is 4.68. The number of aromatic nitrogens is 2. The van der Waals surface area contributed by atoms with Crippen molar-refractivity contribution in [2.75, 3.05) is 13.1 Å². The van der Waals surface area contributed by atoms with Crippen LogP contribution in [0.4, 0.5) is 0 Å². The van der Waals surface area contributed by atoms with Gasteiger partial charge in [-0.2, -0.15) is 0 Å². The molecule has 1 fully saturated rings. The first-order valence-electron chi connectivity index (χ1n) is 7.04. The van der Waals surface area contributed by atoms with Gasteiger partial charge >= 0.3 is 0 Å². The number of hydrogen-bond donors (Lipinski definition) is 1. The highest BCUT2D eigenvalue weighted by Gasteiger charge is 2.23. The highest BCUT2D eigenvalue weighted by molar-refractivity contribution is 5.85. The fourth-order valence-electron chi connectivity index (χ4n) is 2.84. The average molecular weight is 295 g/mol. The number of halogens is 1. The first-order chi connectivity index (χ1) is 9.15. The molecule has 0 radical (unpaired) electrons. The summed E-state index contributed by atoms with van der Waals surface area (Å²) in [4.78, 5) is 7.08. The van der Waals surface area contributed by atoms with E-state index in [0.29, 0.717) is 12.1 Å². The predicted octanol–water partition coefficient (Wildman–Crippen LogP) is 2.25. The van der Waals surface area contributed by atoms with E-state index in [9.17, 15) is 0 Å². The zero-order valence-electron chi connectivity index (χ0n) is 12.3. The molecule has 4 nitrogen and oxygen atoms in total. The van der Waals surface area contributed by atoms with Gasteiger partial charge in [-0.25, -0.2) is 4.98 Å². The molecule has 5 heteroatoms. The molecule has 2 aromatic rings. The molecule has 0 spiro atoms. The van der Waals surface area contributed by atoms with E-state index in [4.69, 9.17) is 0 Å². The van der Waals surface area contributed by atoms with Crippen LogP contribution in [0.5, 0.6) is 0 Å². The number of rotatable bonds is 2. The Labute approximate surface area is 126 Å². The number of pyridine rings is 1. The Hall–Kier alpha value is -1.10. The van der Waals surface area contributed by atoms with Gasteiger partial charge in [-0.15, -0.1) is 12.4 Å². The highest BCUT2D eigenvalue weighted by Crippen LogP contribution is 2.15. The van der Waals surface area contributed by atoms with Crippen LogP contribution in [0, 0.1) is 6.92 Å². The van der Waals surface area contributed by atoms with Crippen LogP contribution in [0.1, 0.15) is 25.1 Å². The fourth-order valence-corrected chi connectivity index (χ4v) is 2.84. The summed E-state index contributed by atoms with van der Waals surface area (Å²) in [5, 5.41) is 3.52. The van der Waals surface area contributed by atoms with Gasteiger partial charge in [-0.1, -0.05) is 6.07 Å². The summed E-state index contributed by atoms with van der Waals surface area (Å²) < 4.78 is 2.22. The number of fused-ring (bicyclic) bond motifs is 1. The molecular formula is C15H23ClN4. The molecule has 1 N–H and O–H groups in total. The molecule has 2 unspecified atom stereocenters. The van der Waals surface area contributed by atoms with Gasteiger partial charge < -0.3 is 9.72 Å². The molecule has 2 aromatic heterocycles. The lowest BCUT2D eigenvalue weighted by Crippen LogP contribution is -2.53. The Morgan fingerprint density at radius 3 is 3.00 bits per heavy atom. The van der Waals surface area contributed by atoms with Gasteiger partial charge in [0, 0.05) is 37.9 Å². The van der Waals surface area contributed by atoms with Gasteiger partial charge in [-0.3, -0.25) is 4.90 Å². The molecule has 1 aliphatic rings. The Bertz CT molecular complexity index is 580. The van der Waals surface area contributed by atoms with Gasteiger partial charge in [0.2, 0.25) is 0 Å². The topological polar surface area (TPSA) is 32.6 Å². The summed E-state index contributed by atoms with van der Waals surface area (Å²) in [6.45, 7) is 9.78. The largest absolute Gasteiger partial charge is 0.311 e. The van der Waals surface area contributed by atoms with Crippen molar-refractivity contribution in [3.05, 3.63) is 35.8 Å². The van der Waals surface area contributed by atoms with Crippen molar-refractivity contribution in [2.45, 2.75) is 39.4 Å². The monoisotopic (exact) mass is 294 g/mol. The number of piperazine rings is 1. The van der Waals surface area contributed by atoms with Crippen molar-refractivity contribution in [3.63, 3.8) is 0 Å². The molecule has 20 heavy (non-hydrogen) atoms. The van der Waals surface area contributed by atoms with Crippen LogP contribution in [0.15, 0.2) is 24.5 Å². The van der Waals surface area contributed by atoms with E-state index in [1.54, 1.807) is 0 Å². The molecule has 3 rings (SSSR count). The normalized spacial score (nSPS) is 23.8. The van der Waals surface area contributed by atoms with E-state index in [1.165, 1.54) is 11.3 Å². The van der Waals surface area contributed by atoms with Crippen LogP contribution in [0.3, 0.4) is 0 Å². The minimum atomic E-state index is 0. The van der Waals surface area contributed by atoms with Gasteiger partial charge in [0.05, 0.1) is 11.9 Å². The lowest BCUT2D eigenvalue weighted by atomic mass is 10.1. The molecule has 1 saturated heterocycles. The summed E-state index contributed by atoms with van der Waals surface area (Å²) >= 11 is 0. The van der Waals surface area contributed by atoms with E-state index in [-0.39, 0.29) is 12.4 Å². The predicted molar refractivity (Wildman–Crippen MR) is 84.5 cm³/mol. The van der Waals surface area contributed by atoms with Crippen molar-refractivity contribution >= 4 is 18.1 Å². The summed E-state index contributed by atoms with van der Waals surface area (Å²) in [6, 6.07) is 5.35. The standard InChI is InChI=1S/C15H22N4.ClH/c1-11-5-4-6-19-14(8-17-15(11)19)10-18-9-12(2)16-7-13(18)3;/h4-6,8,12-13,16H,7,9-10H2,1-3H3;1H. The third-order valence-electron chi connectivity index (χ3n) is 4.07. The van der Waals surface area contributed by atoms with Crippen LogP contribution >= 0.6 is 12.4 Å². The molecule has 110 valence electrons. The number of nitrogens with zero attached hydrogens (tertiary/aromatic N) is 3. The second-order valence-electron chi connectivity index (χ2n) is 5.72. The average Bonchev–Trinajstić information content (AvgIpc) is 2.79. The zero-order valence-corrected chi connectivity index (χ0v) is 13.2. The van der Waals surface area contributed by atoms with Gasteiger partial charge in [0.15, 0.2) is 0 Å². The fraction of sp³-hybridized carbons (Fsp3) is 0.533. The SMILES string of the molecule is Cc1cccn2c(CN3CC(C)NCC3C)cnc12.Cl. The van der Waals surface area contributed by atoms with Crippen molar-refractivity contribution in [2.24, 2.45) is 0 Å². The van der Waals surface area contributed by atoms with Crippen LogP contribution in [-0.2, 0) is 6.54 Å². The van der Waals surface area contributed by atoms with Gasteiger partial charge in [-0.05, 0) is 32.4 Å². The molecule has 0 saturated carbocycles. The first kappa shape index (κ1) is 15.3. The van der Waals surface area contributed by atoms with E-state index < -0.39 is 0 Å². The maximum Gasteiger partial charge on any atom is 0.139 e. The van der Waals surface area contributed by atoms with Gasteiger partial charge in [0.25, 0.3) is 0 Å². The third-order valence-corrected chi connectivity index (χ3v) is 4.07. The number of hydrogen-bond acceptors (Lipinski definition) is 3. The van der Waals surface area contributed by atoms with E-state index in [0.717, 1.165) is 25.3 Å². The van der Waals surface area contributed by atoms with Crippen molar-refractivity contribution in [1.29, 1.82) is 0 Å². The van der Waals surface area contributed by atoms with Crippen LogP contribution in [0.2, 0.25) is 0 Å². The molecule has 1 aliphatic heterocycles. The van der Waals surface area contributed by atoms with Crippen molar-refractivity contribution in [1.82, 2.24) is 19.6 Å². The molecule has 0 aromatic carbocycles. The van der Waals surface area contributed by atoms with E-state index in [2.05, 4.69) is 58.7 Å². The minimum Gasteiger partial charge on any atom is -0.311 e. The lowest BCUT2D eigenvalue weighted by Gasteiger charge is -2.37. The van der Waals surface area contributed by atoms with Crippen molar-refractivity contribution < 1.29 is 0 Å². The second kappa shape index (κ2) is 6.12. The second-order valence-corrected chi connectivity index (χ2v) is 5.72. The number of imidazole rings is 1. The summed E-state index contributed by atoms with van der Waals surface area (Å²) in [5.74, 6) is 0. The summed E-state index contributed by atoms with van der Waals surface area (Å²) in [6.07, 6.45) is 4.13. The quantitative estimate of drug-likeness (QED) is 0.922. The Balaban J connectivity index is 0.00000147. The summed E-state index contributed by atoms with van der Waals surface area (Å²) in [5.41, 5.74) is 3.59. The lowest BCUT2D eigenvalue weighted by molar-refractivity contribution is 0.137. The maximum atomic E-state index is 4.55. The molecule has 0 bridgehead atoms. The minimum absolute atomic E-state index is 0. The van der Waals surface area contributed by atoms with Crippen molar-refractivity contribution in [3.8, 4) is 0 Å². The van der Waals surface area contributed by atoms with Crippen LogP contribution in [-0.4, -0.2) is 39.5 Å². The number of aryl methyl sites for hydroxylation is 1. The Morgan fingerprint density at radius 1 is 1.40 bits per heavy atom. The third kappa shape index (κ3) is 2.82. The Morgan fingerprint density at radius 2 is 2.20 bits per heavy atom. The maximum absolute atomic E-state index is 4.55. The molecule has 3 heterocycles. The van der Waals surface area contributed by atoms with E-state index >= 15 is 0 Å². The van der Waals surface area contributed by atoms with Gasteiger partial charge in [0.1, 0.15) is 5.65 Å². The molecule has 0 amide bonds. The molecule has 0 aliphatic carbocycles. The zero-order chi connectivity index (χ0) is 13.4. The summed E-state index contributed by atoms with van der Waals surface area (Å²) in [7, 11) is 0. The molecule has 2 atom stereocenters.